The molecule has 0 amide bonds. The average Bonchev–Trinajstić information content (AvgIpc) is 3.02. The first kappa shape index (κ1) is 12.3. The Morgan fingerprint density at radius 1 is 0.783 bits per heavy atom. The first-order valence-electron chi connectivity index (χ1n) is 7.47. The van der Waals surface area contributed by atoms with Gasteiger partial charge in [-0.1, -0.05) is 42.5 Å². The van der Waals surface area contributed by atoms with Gasteiger partial charge in [0.25, 0.3) is 0 Å². The van der Waals surface area contributed by atoms with Gasteiger partial charge in [-0.05, 0) is 23.6 Å². The van der Waals surface area contributed by atoms with Gasteiger partial charge < -0.3 is 0 Å². The second-order valence-corrected chi connectivity index (χ2v) is 5.55. The summed E-state index contributed by atoms with van der Waals surface area (Å²) in [5.74, 6) is 0.649. The van der Waals surface area contributed by atoms with Gasteiger partial charge in [0.15, 0.2) is 5.82 Å². The third kappa shape index (κ3) is 1.96. The lowest BCUT2D eigenvalue weighted by atomic mass is 10.1. The molecular formula is C19H12N4. The fraction of sp³-hybridized carbons (Fsp3) is 0. The maximum absolute atomic E-state index is 4.63. The van der Waals surface area contributed by atoms with Crippen molar-refractivity contribution >= 4 is 27.2 Å². The van der Waals surface area contributed by atoms with E-state index >= 15 is 0 Å². The molecule has 3 heterocycles. The van der Waals surface area contributed by atoms with E-state index in [0.29, 0.717) is 5.82 Å². The molecule has 108 valence electrons. The molecule has 0 saturated heterocycles. The highest BCUT2D eigenvalue weighted by atomic mass is 15.2. The standard InChI is InChI=1S/C19H12N4/c1-2-7-15-12-23-16(9-13(15)5-1)10-18(22-23)19-20-11-14-6-3-4-8-17(14)21-19/h1-12H. The quantitative estimate of drug-likeness (QED) is 0.468. The van der Waals surface area contributed by atoms with E-state index in [1.807, 2.05) is 59.4 Å². The van der Waals surface area contributed by atoms with Crippen LogP contribution in [0.1, 0.15) is 0 Å². The molecule has 0 aliphatic carbocycles. The van der Waals surface area contributed by atoms with E-state index in [1.165, 1.54) is 5.39 Å². The summed E-state index contributed by atoms with van der Waals surface area (Å²) in [5, 5.41) is 8.03. The topological polar surface area (TPSA) is 43.1 Å². The van der Waals surface area contributed by atoms with Crippen LogP contribution in [0.4, 0.5) is 0 Å². The van der Waals surface area contributed by atoms with E-state index in [9.17, 15) is 0 Å². The number of aromatic nitrogens is 4. The van der Waals surface area contributed by atoms with Crippen molar-refractivity contribution in [2.24, 2.45) is 0 Å². The number of hydrogen-bond acceptors (Lipinski definition) is 3. The van der Waals surface area contributed by atoms with Gasteiger partial charge in [-0.3, -0.25) is 0 Å². The molecule has 0 bridgehead atoms. The number of rotatable bonds is 1. The van der Waals surface area contributed by atoms with Crippen molar-refractivity contribution in [1.82, 2.24) is 19.6 Å². The average molecular weight is 296 g/mol. The lowest BCUT2D eigenvalue weighted by Gasteiger charge is -1.99. The SMILES string of the molecule is c1ccc2cn3nc(-c4ncc5ccccc5n4)cc3cc2c1. The molecule has 23 heavy (non-hydrogen) atoms. The zero-order valence-corrected chi connectivity index (χ0v) is 12.2. The summed E-state index contributed by atoms with van der Waals surface area (Å²) in [6.07, 6.45) is 3.88. The van der Waals surface area contributed by atoms with E-state index in [-0.39, 0.29) is 0 Å². The minimum atomic E-state index is 0.649. The van der Waals surface area contributed by atoms with Crippen molar-refractivity contribution in [3.05, 3.63) is 73.1 Å². The minimum Gasteiger partial charge on any atom is -0.240 e. The Morgan fingerprint density at radius 3 is 2.48 bits per heavy atom. The molecule has 4 nitrogen and oxygen atoms in total. The van der Waals surface area contributed by atoms with Gasteiger partial charge in [0.05, 0.1) is 11.0 Å². The molecule has 5 aromatic rings. The third-order valence-corrected chi connectivity index (χ3v) is 4.04. The van der Waals surface area contributed by atoms with Crippen LogP contribution in [0.2, 0.25) is 0 Å². The van der Waals surface area contributed by atoms with E-state index < -0.39 is 0 Å². The second kappa shape index (κ2) is 4.61. The van der Waals surface area contributed by atoms with Crippen molar-refractivity contribution in [3.63, 3.8) is 0 Å². The summed E-state index contributed by atoms with van der Waals surface area (Å²) in [6, 6.07) is 20.4. The van der Waals surface area contributed by atoms with Crippen LogP contribution in [0, 0.1) is 0 Å². The van der Waals surface area contributed by atoms with Gasteiger partial charge in [0.2, 0.25) is 0 Å². The van der Waals surface area contributed by atoms with E-state index in [2.05, 4.69) is 33.3 Å². The molecule has 0 aliphatic rings. The number of benzene rings is 2. The Kier molecular flexibility index (Phi) is 2.46. The van der Waals surface area contributed by atoms with Crippen molar-refractivity contribution < 1.29 is 0 Å². The van der Waals surface area contributed by atoms with E-state index in [1.54, 1.807) is 0 Å². The van der Waals surface area contributed by atoms with E-state index in [0.717, 1.165) is 27.5 Å². The number of para-hydroxylation sites is 1. The van der Waals surface area contributed by atoms with Crippen molar-refractivity contribution in [2.45, 2.75) is 0 Å². The van der Waals surface area contributed by atoms with Gasteiger partial charge in [0, 0.05) is 23.2 Å². The van der Waals surface area contributed by atoms with Crippen LogP contribution < -0.4 is 0 Å². The Morgan fingerprint density at radius 2 is 1.57 bits per heavy atom. The monoisotopic (exact) mass is 296 g/mol. The normalized spacial score (nSPS) is 11.5. The molecular weight excluding hydrogens is 284 g/mol. The molecule has 0 spiro atoms. The molecule has 0 N–H and O–H groups in total. The fourth-order valence-corrected chi connectivity index (χ4v) is 2.88. The lowest BCUT2D eigenvalue weighted by molar-refractivity contribution is 0.965. The smallest absolute Gasteiger partial charge is 0.180 e. The molecule has 5 rings (SSSR count). The van der Waals surface area contributed by atoms with Crippen molar-refractivity contribution in [2.75, 3.05) is 0 Å². The molecule has 0 saturated carbocycles. The molecule has 2 aromatic carbocycles. The lowest BCUT2D eigenvalue weighted by Crippen LogP contribution is -1.91. The number of pyridine rings is 1. The molecule has 0 fully saturated rings. The van der Waals surface area contributed by atoms with Crippen LogP contribution in [-0.2, 0) is 0 Å². The Labute approximate surface area is 132 Å². The van der Waals surface area contributed by atoms with Crippen LogP contribution in [0.25, 0.3) is 38.7 Å². The first-order chi connectivity index (χ1) is 11.4. The summed E-state index contributed by atoms with van der Waals surface area (Å²) in [5.41, 5.74) is 2.75. The predicted molar refractivity (Wildman–Crippen MR) is 91.2 cm³/mol. The maximum atomic E-state index is 4.63. The molecule has 0 atom stereocenters. The van der Waals surface area contributed by atoms with Gasteiger partial charge in [-0.25, -0.2) is 14.5 Å². The molecule has 4 heteroatoms. The fourth-order valence-electron chi connectivity index (χ4n) is 2.88. The van der Waals surface area contributed by atoms with Gasteiger partial charge in [-0.15, -0.1) is 0 Å². The summed E-state index contributed by atoms with van der Waals surface area (Å²) in [6.45, 7) is 0. The first-order valence-corrected chi connectivity index (χ1v) is 7.47. The largest absolute Gasteiger partial charge is 0.240 e. The highest BCUT2D eigenvalue weighted by Gasteiger charge is 2.09. The van der Waals surface area contributed by atoms with Crippen LogP contribution in [-0.4, -0.2) is 19.6 Å². The zero-order valence-electron chi connectivity index (χ0n) is 12.2. The summed E-state index contributed by atoms with van der Waals surface area (Å²) in [4.78, 5) is 9.08. The van der Waals surface area contributed by atoms with Crippen LogP contribution in [0.5, 0.6) is 0 Å². The minimum absolute atomic E-state index is 0.649. The summed E-state index contributed by atoms with van der Waals surface area (Å²) < 4.78 is 1.89. The van der Waals surface area contributed by atoms with Crippen molar-refractivity contribution in [1.29, 1.82) is 0 Å². The summed E-state index contributed by atoms with van der Waals surface area (Å²) in [7, 11) is 0. The maximum Gasteiger partial charge on any atom is 0.180 e. The molecule has 3 aromatic heterocycles. The Hall–Kier alpha value is -3.27. The molecule has 0 aliphatic heterocycles. The summed E-state index contributed by atoms with van der Waals surface area (Å²) >= 11 is 0. The molecule has 0 unspecified atom stereocenters. The number of nitrogens with zero attached hydrogens (tertiary/aromatic N) is 4. The molecule has 0 radical (unpaired) electrons. The number of fused-ring (bicyclic) bond motifs is 3. The van der Waals surface area contributed by atoms with E-state index in [4.69, 9.17) is 0 Å². The van der Waals surface area contributed by atoms with Crippen LogP contribution >= 0.6 is 0 Å². The van der Waals surface area contributed by atoms with Gasteiger partial charge in [0.1, 0.15) is 5.69 Å². The third-order valence-electron chi connectivity index (χ3n) is 4.04. The number of hydrogen-bond donors (Lipinski definition) is 0. The highest BCUT2D eigenvalue weighted by Crippen LogP contribution is 2.22. The Bertz CT molecular complexity index is 1120. The van der Waals surface area contributed by atoms with Gasteiger partial charge in [-0.2, -0.15) is 5.10 Å². The van der Waals surface area contributed by atoms with Crippen LogP contribution in [0.15, 0.2) is 73.1 Å². The Balaban J connectivity index is 1.73. The second-order valence-electron chi connectivity index (χ2n) is 5.55. The van der Waals surface area contributed by atoms with Crippen molar-refractivity contribution in [3.8, 4) is 11.5 Å². The predicted octanol–water partition coefficient (Wildman–Crippen LogP) is 4.10. The highest BCUT2D eigenvalue weighted by molar-refractivity contribution is 5.86. The van der Waals surface area contributed by atoms with Crippen LogP contribution in [0.3, 0.4) is 0 Å². The zero-order chi connectivity index (χ0) is 15.2. The van der Waals surface area contributed by atoms with Gasteiger partial charge >= 0.3 is 0 Å².